The molecule has 3 heterocycles. The Morgan fingerprint density at radius 1 is 1.27 bits per heavy atom. The summed E-state index contributed by atoms with van der Waals surface area (Å²) in [6.07, 6.45) is 4.40. The minimum Gasteiger partial charge on any atom is -0.352 e. The van der Waals surface area contributed by atoms with Crippen LogP contribution in [0.3, 0.4) is 0 Å². The van der Waals surface area contributed by atoms with E-state index in [1.54, 1.807) is 6.20 Å². The summed E-state index contributed by atoms with van der Waals surface area (Å²) in [6, 6.07) is 7.07. The summed E-state index contributed by atoms with van der Waals surface area (Å²) >= 11 is 0. The average molecular weight is 353 g/mol. The first-order valence-electron chi connectivity index (χ1n) is 8.41. The third kappa shape index (κ3) is 3.69. The maximum Gasteiger partial charge on any atom is 0.329 e. The van der Waals surface area contributed by atoms with Gasteiger partial charge in [0.25, 0.3) is 11.5 Å². The van der Waals surface area contributed by atoms with Crippen molar-refractivity contribution in [2.45, 2.75) is 26.3 Å². The van der Waals surface area contributed by atoms with Crippen LogP contribution in [0.15, 0.2) is 46.2 Å². The van der Waals surface area contributed by atoms with E-state index in [0.717, 1.165) is 12.1 Å². The van der Waals surface area contributed by atoms with E-state index in [-0.39, 0.29) is 22.5 Å². The number of amides is 1. The lowest BCUT2D eigenvalue weighted by molar-refractivity contribution is 0.0954. The number of carbonyl (C=O) groups excluding carboxylic acids is 1. The molecule has 0 atom stereocenters. The number of carbonyl (C=O) groups is 1. The zero-order chi connectivity index (χ0) is 18.5. The van der Waals surface area contributed by atoms with Gasteiger partial charge in [0.15, 0.2) is 0 Å². The third-order valence-corrected chi connectivity index (χ3v) is 3.93. The fraction of sp³-hybridized carbons (Fsp3) is 0.278. The number of aromatic amines is 1. The Balaban J connectivity index is 1.81. The maximum atomic E-state index is 12.3. The van der Waals surface area contributed by atoms with E-state index in [1.807, 2.05) is 25.1 Å². The molecule has 0 saturated heterocycles. The Hall–Kier alpha value is -3.29. The second kappa shape index (κ2) is 7.73. The van der Waals surface area contributed by atoms with Crippen LogP contribution in [0.2, 0.25) is 0 Å². The monoisotopic (exact) mass is 353 g/mol. The highest BCUT2D eigenvalue weighted by Gasteiger charge is 2.12. The molecule has 0 spiro atoms. The number of nitrogens with one attached hydrogen (secondary N) is 2. The fourth-order valence-electron chi connectivity index (χ4n) is 2.68. The lowest BCUT2D eigenvalue weighted by Gasteiger charge is -2.09. The van der Waals surface area contributed by atoms with Gasteiger partial charge in [-0.25, -0.2) is 9.78 Å². The predicted molar refractivity (Wildman–Crippen MR) is 97.2 cm³/mol. The Kier molecular flexibility index (Phi) is 5.21. The van der Waals surface area contributed by atoms with Gasteiger partial charge in [-0.3, -0.25) is 24.1 Å². The molecule has 0 unspecified atom stereocenters. The first kappa shape index (κ1) is 17.5. The van der Waals surface area contributed by atoms with E-state index < -0.39 is 11.2 Å². The smallest absolute Gasteiger partial charge is 0.329 e. The van der Waals surface area contributed by atoms with Crippen LogP contribution in [0.4, 0.5) is 0 Å². The minimum absolute atomic E-state index is 0.218. The van der Waals surface area contributed by atoms with Gasteiger partial charge in [0.05, 0.1) is 10.9 Å². The Morgan fingerprint density at radius 2 is 2.12 bits per heavy atom. The molecule has 3 aromatic heterocycles. The lowest BCUT2D eigenvalue weighted by atomic mass is 10.2. The van der Waals surface area contributed by atoms with E-state index in [1.165, 1.54) is 16.8 Å². The van der Waals surface area contributed by atoms with Crippen molar-refractivity contribution in [3.8, 4) is 0 Å². The zero-order valence-corrected chi connectivity index (χ0v) is 14.4. The summed E-state index contributed by atoms with van der Waals surface area (Å²) in [6.45, 7) is 2.78. The quantitative estimate of drug-likeness (QED) is 0.683. The van der Waals surface area contributed by atoms with Gasteiger partial charge in [-0.1, -0.05) is 13.0 Å². The molecule has 2 N–H and O–H groups in total. The maximum absolute atomic E-state index is 12.3. The molecule has 3 rings (SSSR count). The SMILES string of the molecule is CCCn1c(=O)[nH]c(=O)c2cc(C(=O)NCCc3ccccn3)cnc21. The van der Waals surface area contributed by atoms with E-state index in [9.17, 15) is 14.4 Å². The molecular weight excluding hydrogens is 334 g/mol. The first-order valence-corrected chi connectivity index (χ1v) is 8.41. The van der Waals surface area contributed by atoms with Crippen molar-refractivity contribution in [2.75, 3.05) is 6.54 Å². The minimum atomic E-state index is -0.548. The summed E-state index contributed by atoms with van der Waals surface area (Å²) in [4.78, 5) is 47.0. The van der Waals surface area contributed by atoms with Gasteiger partial charge in [0, 0.05) is 37.6 Å². The number of aryl methyl sites for hydroxylation is 1. The summed E-state index contributed by atoms with van der Waals surface area (Å²) in [5.74, 6) is -0.331. The Labute approximate surface area is 148 Å². The van der Waals surface area contributed by atoms with Gasteiger partial charge in [-0.15, -0.1) is 0 Å². The van der Waals surface area contributed by atoms with Crippen molar-refractivity contribution < 1.29 is 4.79 Å². The molecule has 0 radical (unpaired) electrons. The zero-order valence-electron chi connectivity index (χ0n) is 14.4. The van der Waals surface area contributed by atoms with Gasteiger partial charge in [0.1, 0.15) is 5.65 Å². The molecule has 134 valence electrons. The molecule has 0 aliphatic rings. The molecule has 8 nitrogen and oxygen atoms in total. The molecule has 0 saturated carbocycles. The molecule has 1 amide bonds. The van der Waals surface area contributed by atoms with Crippen molar-refractivity contribution in [1.82, 2.24) is 24.8 Å². The van der Waals surface area contributed by atoms with Crippen LogP contribution in [0.5, 0.6) is 0 Å². The number of hydrogen-bond donors (Lipinski definition) is 2. The van der Waals surface area contributed by atoms with Crippen molar-refractivity contribution >= 4 is 16.9 Å². The van der Waals surface area contributed by atoms with Gasteiger partial charge in [-0.2, -0.15) is 0 Å². The number of rotatable bonds is 6. The lowest BCUT2D eigenvalue weighted by Crippen LogP contribution is -2.31. The molecule has 0 aromatic carbocycles. The van der Waals surface area contributed by atoms with Crippen LogP contribution < -0.4 is 16.6 Å². The highest BCUT2D eigenvalue weighted by atomic mass is 16.2. The molecule has 8 heteroatoms. The topological polar surface area (TPSA) is 110 Å². The van der Waals surface area contributed by atoms with Gasteiger partial charge in [-0.05, 0) is 24.6 Å². The fourth-order valence-corrected chi connectivity index (χ4v) is 2.68. The normalized spacial score (nSPS) is 10.8. The van der Waals surface area contributed by atoms with E-state index >= 15 is 0 Å². The van der Waals surface area contributed by atoms with Crippen LogP contribution in [0, 0.1) is 0 Å². The van der Waals surface area contributed by atoms with Crippen molar-refractivity contribution in [3.63, 3.8) is 0 Å². The number of nitrogens with zero attached hydrogens (tertiary/aromatic N) is 3. The molecule has 0 bridgehead atoms. The van der Waals surface area contributed by atoms with Crippen LogP contribution in [0.1, 0.15) is 29.4 Å². The summed E-state index contributed by atoms with van der Waals surface area (Å²) in [7, 11) is 0. The number of fused-ring (bicyclic) bond motifs is 1. The molecule has 3 aromatic rings. The Bertz CT molecular complexity index is 1040. The van der Waals surface area contributed by atoms with Crippen molar-refractivity contribution in [3.05, 3.63) is 68.8 Å². The number of hydrogen-bond acceptors (Lipinski definition) is 5. The van der Waals surface area contributed by atoms with Gasteiger partial charge < -0.3 is 5.32 Å². The van der Waals surface area contributed by atoms with Crippen molar-refractivity contribution in [1.29, 1.82) is 0 Å². The van der Waals surface area contributed by atoms with Crippen LogP contribution in [-0.2, 0) is 13.0 Å². The largest absolute Gasteiger partial charge is 0.352 e. The first-order chi connectivity index (χ1) is 12.6. The molecule has 26 heavy (non-hydrogen) atoms. The summed E-state index contributed by atoms with van der Waals surface area (Å²) < 4.78 is 1.40. The summed E-state index contributed by atoms with van der Waals surface area (Å²) in [5, 5.41) is 3.00. The standard InChI is InChI=1S/C18H19N5O3/c1-2-9-23-15-14(17(25)22-18(23)26)10-12(11-21-15)16(24)20-8-6-13-5-3-4-7-19-13/h3-5,7,10-11H,2,6,8-9H2,1H3,(H,20,24)(H,22,25,26). The van der Waals surface area contributed by atoms with Gasteiger partial charge >= 0.3 is 5.69 Å². The number of aromatic nitrogens is 4. The van der Waals surface area contributed by atoms with Crippen LogP contribution >= 0.6 is 0 Å². The highest BCUT2D eigenvalue weighted by molar-refractivity contribution is 5.96. The van der Waals surface area contributed by atoms with Crippen LogP contribution in [-0.4, -0.2) is 32.0 Å². The van der Waals surface area contributed by atoms with E-state index in [4.69, 9.17) is 0 Å². The Morgan fingerprint density at radius 3 is 2.85 bits per heavy atom. The molecular formula is C18H19N5O3. The number of H-pyrrole nitrogens is 1. The molecule has 0 aliphatic heterocycles. The highest BCUT2D eigenvalue weighted by Crippen LogP contribution is 2.08. The molecule has 0 fully saturated rings. The van der Waals surface area contributed by atoms with E-state index in [2.05, 4.69) is 20.3 Å². The van der Waals surface area contributed by atoms with Crippen molar-refractivity contribution in [2.24, 2.45) is 0 Å². The second-order valence-corrected chi connectivity index (χ2v) is 5.83. The van der Waals surface area contributed by atoms with Gasteiger partial charge in [0.2, 0.25) is 0 Å². The average Bonchev–Trinajstić information content (AvgIpc) is 2.65. The number of pyridine rings is 2. The second-order valence-electron chi connectivity index (χ2n) is 5.83. The summed E-state index contributed by atoms with van der Waals surface area (Å²) in [5.41, 5.74) is 0.387. The third-order valence-electron chi connectivity index (χ3n) is 3.93. The van der Waals surface area contributed by atoms with E-state index in [0.29, 0.717) is 19.5 Å². The predicted octanol–water partition coefficient (Wildman–Crippen LogP) is 0.862. The van der Waals surface area contributed by atoms with Crippen LogP contribution in [0.25, 0.3) is 11.0 Å². The molecule has 0 aliphatic carbocycles.